The minimum atomic E-state index is -3.65. The number of amides is 1. The Labute approximate surface area is 197 Å². The zero-order valence-corrected chi connectivity index (χ0v) is 20.9. The number of carbonyl (C=O) groups is 1. The first-order valence-electron chi connectivity index (χ1n) is 11.0. The molecule has 0 radical (unpaired) electrons. The van der Waals surface area contributed by atoms with Gasteiger partial charge in [0.15, 0.2) is 5.65 Å². The number of nitrogens with one attached hydrogen (secondary N) is 1. The van der Waals surface area contributed by atoms with Gasteiger partial charge in [-0.15, -0.1) is 0 Å². The molecule has 1 amide bonds. The first kappa shape index (κ1) is 25.3. The molecule has 0 saturated heterocycles. The molecule has 2 aromatic heterocycles. The van der Waals surface area contributed by atoms with Crippen LogP contribution in [0, 0.1) is 0 Å². The number of rotatable bonds is 7. The van der Waals surface area contributed by atoms with E-state index in [9.17, 15) is 22.8 Å². The van der Waals surface area contributed by atoms with Crippen molar-refractivity contribution in [1.29, 1.82) is 0 Å². The van der Waals surface area contributed by atoms with Gasteiger partial charge in [-0.2, -0.15) is 4.31 Å². The molecule has 11 heteroatoms. The van der Waals surface area contributed by atoms with Crippen LogP contribution < -0.4 is 16.6 Å². The zero-order chi connectivity index (χ0) is 25.4. The first-order valence-corrected chi connectivity index (χ1v) is 12.4. The maximum Gasteiger partial charge on any atom is 0.332 e. The fraction of sp³-hybridized carbons (Fsp3) is 0.391. The number of aryl methyl sites for hydroxylation is 1. The van der Waals surface area contributed by atoms with Crippen molar-refractivity contribution in [2.75, 3.05) is 18.4 Å². The minimum Gasteiger partial charge on any atom is -0.321 e. The van der Waals surface area contributed by atoms with Crippen LogP contribution in [0.2, 0.25) is 0 Å². The van der Waals surface area contributed by atoms with Gasteiger partial charge in [-0.3, -0.25) is 18.7 Å². The number of nitrogens with zero attached hydrogens (tertiary/aromatic N) is 4. The topological polar surface area (TPSA) is 123 Å². The van der Waals surface area contributed by atoms with Gasteiger partial charge in [0.05, 0.1) is 10.6 Å². The van der Waals surface area contributed by atoms with E-state index in [1.165, 1.54) is 47.2 Å². The predicted octanol–water partition coefficient (Wildman–Crippen LogP) is 2.04. The molecular formula is C23H29N5O5S. The van der Waals surface area contributed by atoms with Gasteiger partial charge in [0.25, 0.3) is 11.5 Å². The van der Waals surface area contributed by atoms with Crippen LogP contribution in [-0.4, -0.2) is 45.8 Å². The molecule has 0 saturated carbocycles. The molecule has 0 fully saturated rings. The van der Waals surface area contributed by atoms with Crippen LogP contribution in [0.25, 0.3) is 11.0 Å². The highest BCUT2D eigenvalue weighted by atomic mass is 32.2. The lowest BCUT2D eigenvalue weighted by molar-refractivity contribution is 0.102. The Balaban J connectivity index is 2.09. The highest BCUT2D eigenvalue weighted by Crippen LogP contribution is 2.29. The van der Waals surface area contributed by atoms with Crippen LogP contribution in [0.15, 0.2) is 44.9 Å². The fourth-order valence-corrected chi connectivity index (χ4v) is 5.25. The van der Waals surface area contributed by atoms with Crippen molar-refractivity contribution < 1.29 is 13.2 Å². The number of pyridine rings is 1. The van der Waals surface area contributed by atoms with E-state index in [1.807, 2.05) is 13.8 Å². The maximum absolute atomic E-state index is 13.1. The van der Waals surface area contributed by atoms with Gasteiger partial charge < -0.3 is 5.32 Å². The first-order chi connectivity index (χ1) is 15.9. The summed E-state index contributed by atoms with van der Waals surface area (Å²) in [6.45, 7) is 8.00. The van der Waals surface area contributed by atoms with Gasteiger partial charge in [-0.1, -0.05) is 27.7 Å². The molecule has 3 aromatic rings. The summed E-state index contributed by atoms with van der Waals surface area (Å²) < 4.78 is 29.0. The lowest BCUT2D eigenvalue weighted by atomic mass is 10.0. The van der Waals surface area contributed by atoms with Crippen molar-refractivity contribution in [3.63, 3.8) is 0 Å². The van der Waals surface area contributed by atoms with Gasteiger partial charge in [-0.25, -0.2) is 18.2 Å². The monoisotopic (exact) mass is 487 g/mol. The molecule has 0 bridgehead atoms. The third-order valence-electron chi connectivity index (χ3n) is 5.82. The van der Waals surface area contributed by atoms with Gasteiger partial charge in [-0.05, 0) is 35.7 Å². The number of benzene rings is 1. The van der Waals surface area contributed by atoms with Crippen LogP contribution in [0.3, 0.4) is 0 Å². The number of fused-ring (bicyclic) bond motifs is 1. The summed E-state index contributed by atoms with van der Waals surface area (Å²) in [7, 11) is -0.777. The molecule has 2 heterocycles. The summed E-state index contributed by atoms with van der Waals surface area (Å²) in [4.78, 5) is 42.8. The lowest BCUT2D eigenvalue weighted by Crippen LogP contribution is -2.38. The number of carbonyl (C=O) groups excluding carboxylic acids is 1. The molecule has 0 aliphatic rings. The van der Waals surface area contributed by atoms with E-state index in [-0.39, 0.29) is 33.1 Å². The Morgan fingerprint density at radius 3 is 2.18 bits per heavy atom. The lowest BCUT2D eigenvalue weighted by Gasteiger charge is -2.19. The molecule has 10 nitrogen and oxygen atoms in total. The van der Waals surface area contributed by atoms with Gasteiger partial charge in [0.1, 0.15) is 5.39 Å². The van der Waals surface area contributed by atoms with Crippen molar-refractivity contribution in [2.24, 2.45) is 14.1 Å². The normalized spacial score (nSPS) is 12.0. The van der Waals surface area contributed by atoms with Gasteiger partial charge >= 0.3 is 5.69 Å². The van der Waals surface area contributed by atoms with Crippen LogP contribution in [-0.2, 0) is 24.1 Å². The van der Waals surface area contributed by atoms with E-state index in [0.29, 0.717) is 18.7 Å². The van der Waals surface area contributed by atoms with Crippen molar-refractivity contribution in [3.8, 4) is 0 Å². The van der Waals surface area contributed by atoms with E-state index in [0.717, 1.165) is 4.57 Å². The second-order valence-electron chi connectivity index (χ2n) is 8.22. The van der Waals surface area contributed by atoms with Crippen LogP contribution in [0.4, 0.5) is 5.69 Å². The van der Waals surface area contributed by atoms with Gasteiger partial charge in [0, 0.05) is 38.9 Å². The minimum absolute atomic E-state index is 0.0734. The Hall–Kier alpha value is -3.31. The Morgan fingerprint density at radius 1 is 1.06 bits per heavy atom. The van der Waals surface area contributed by atoms with E-state index in [4.69, 9.17) is 0 Å². The summed E-state index contributed by atoms with van der Waals surface area (Å²) in [5.74, 6) is -0.590. The van der Waals surface area contributed by atoms with E-state index in [2.05, 4.69) is 10.3 Å². The largest absolute Gasteiger partial charge is 0.332 e. The molecule has 0 aliphatic carbocycles. The Morgan fingerprint density at radius 2 is 1.65 bits per heavy atom. The third-order valence-corrected chi connectivity index (χ3v) is 7.88. The molecule has 1 N–H and O–H groups in total. The number of anilines is 1. The summed E-state index contributed by atoms with van der Waals surface area (Å²) in [6.07, 6.45) is 1.54. The Kier molecular flexibility index (Phi) is 7.08. The van der Waals surface area contributed by atoms with Crippen molar-refractivity contribution in [3.05, 3.63) is 62.4 Å². The summed E-state index contributed by atoms with van der Waals surface area (Å²) in [5, 5.41) is 2.93. The molecule has 0 unspecified atom stereocenters. The van der Waals surface area contributed by atoms with Crippen LogP contribution in [0.1, 0.15) is 49.5 Å². The predicted molar refractivity (Wildman–Crippen MR) is 131 cm³/mol. The quantitative estimate of drug-likeness (QED) is 0.544. The molecule has 182 valence electrons. The second kappa shape index (κ2) is 9.51. The summed E-state index contributed by atoms with van der Waals surface area (Å²) >= 11 is 0. The second-order valence-corrected chi connectivity index (χ2v) is 10.2. The van der Waals surface area contributed by atoms with Crippen molar-refractivity contribution in [1.82, 2.24) is 18.4 Å². The van der Waals surface area contributed by atoms with E-state index in [1.54, 1.807) is 20.0 Å². The average molecular weight is 488 g/mol. The average Bonchev–Trinajstić information content (AvgIpc) is 2.81. The fourth-order valence-electron chi connectivity index (χ4n) is 3.79. The van der Waals surface area contributed by atoms with E-state index < -0.39 is 27.2 Å². The number of sulfonamides is 1. The smallest absolute Gasteiger partial charge is 0.321 e. The molecule has 1 aromatic carbocycles. The van der Waals surface area contributed by atoms with Crippen molar-refractivity contribution in [2.45, 2.75) is 38.5 Å². The molecule has 0 spiro atoms. The van der Waals surface area contributed by atoms with E-state index >= 15 is 0 Å². The van der Waals surface area contributed by atoms with Crippen LogP contribution in [0.5, 0.6) is 0 Å². The Bertz CT molecular complexity index is 1470. The highest BCUT2D eigenvalue weighted by Gasteiger charge is 2.23. The summed E-state index contributed by atoms with van der Waals surface area (Å²) in [6, 6.07) is 5.63. The molecular weight excluding hydrogens is 458 g/mol. The maximum atomic E-state index is 13.1. The number of hydrogen-bond acceptors (Lipinski definition) is 6. The molecule has 0 atom stereocenters. The highest BCUT2D eigenvalue weighted by molar-refractivity contribution is 7.89. The summed E-state index contributed by atoms with van der Waals surface area (Å²) in [5.41, 5.74) is 0.209. The standard InChI is InChI=1S/C23H29N5O5S/c1-7-28(8-2)34(32,33)16-11-9-15(10-12-16)21(29)25-19-17(14(3)4)13-24-20-18(19)22(30)27(6)23(31)26(20)5/h9-14H,7-8H2,1-6H3,(H,24,25,29). The SMILES string of the molecule is CCN(CC)S(=O)(=O)c1ccc(C(=O)Nc2c(C(C)C)cnc3c2c(=O)n(C)c(=O)n3C)cc1. The third kappa shape index (κ3) is 4.28. The van der Waals surface area contributed by atoms with Crippen molar-refractivity contribution >= 4 is 32.7 Å². The molecule has 34 heavy (non-hydrogen) atoms. The van der Waals surface area contributed by atoms with Gasteiger partial charge in [0.2, 0.25) is 10.0 Å². The number of aromatic nitrogens is 3. The molecule has 3 rings (SSSR count). The number of hydrogen-bond donors (Lipinski definition) is 1. The zero-order valence-electron chi connectivity index (χ0n) is 20.1. The van der Waals surface area contributed by atoms with Crippen LogP contribution >= 0.6 is 0 Å². The molecule has 0 aliphatic heterocycles.